The van der Waals surface area contributed by atoms with Gasteiger partial charge in [-0.15, -0.1) is 11.3 Å². The van der Waals surface area contributed by atoms with E-state index in [1.165, 1.54) is 4.88 Å². The van der Waals surface area contributed by atoms with Crippen molar-refractivity contribution in [1.29, 1.82) is 0 Å². The molecule has 0 radical (unpaired) electrons. The molecule has 2 aliphatic heterocycles. The van der Waals surface area contributed by atoms with Crippen LogP contribution in [0.5, 0.6) is 0 Å². The highest BCUT2D eigenvalue weighted by molar-refractivity contribution is 7.09. The minimum absolute atomic E-state index is 0.0188. The minimum atomic E-state index is -0.0344. The summed E-state index contributed by atoms with van der Waals surface area (Å²) < 4.78 is 0. The topological polar surface area (TPSA) is 68.8 Å². The summed E-state index contributed by atoms with van der Waals surface area (Å²) in [5.74, 6) is 0.592. The van der Waals surface area contributed by atoms with Crippen LogP contribution in [0, 0.1) is 0 Å². The number of thiophene rings is 1. The molecule has 0 unspecified atom stereocenters. The molecule has 2 aromatic rings. The summed E-state index contributed by atoms with van der Waals surface area (Å²) in [5, 5.41) is 5.09. The number of likely N-dealkylation sites (N-methyl/N-ethyl adjacent to an activating group) is 1. The van der Waals surface area contributed by atoms with E-state index in [2.05, 4.69) is 32.7 Å². The third kappa shape index (κ3) is 3.81. The zero-order valence-electron chi connectivity index (χ0n) is 15.4. The highest BCUT2D eigenvalue weighted by Gasteiger charge is 2.25. The zero-order valence-corrected chi connectivity index (χ0v) is 16.2. The summed E-state index contributed by atoms with van der Waals surface area (Å²) in [7, 11) is 1.71. The second-order valence-electron chi connectivity index (χ2n) is 6.90. The molecule has 0 spiro atoms. The average molecular weight is 385 g/mol. The van der Waals surface area contributed by atoms with E-state index in [0.717, 1.165) is 32.6 Å². The van der Waals surface area contributed by atoms with E-state index in [9.17, 15) is 9.59 Å². The van der Waals surface area contributed by atoms with Gasteiger partial charge in [0, 0.05) is 50.8 Å². The maximum atomic E-state index is 13.0. The summed E-state index contributed by atoms with van der Waals surface area (Å²) >= 11 is 1.77. The molecule has 2 aliphatic rings. The Bertz CT molecular complexity index is 839. The van der Waals surface area contributed by atoms with Crippen molar-refractivity contribution in [2.75, 3.05) is 50.0 Å². The van der Waals surface area contributed by atoms with E-state index in [0.29, 0.717) is 23.6 Å². The van der Waals surface area contributed by atoms with Crippen molar-refractivity contribution >= 4 is 34.7 Å². The second kappa shape index (κ2) is 7.66. The van der Waals surface area contributed by atoms with Gasteiger partial charge in [0.2, 0.25) is 5.91 Å². The molecule has 0 bridgehead atoms. The van der Waals surface area contributed by atoms with E-state index < -0.39 is 0 Å². The molecule has 2 aromatic heterocycles. The van der Waals surface area contributed by atoms with Gasteiger partial charge in [0.05, 0.1) is 17.8 Å². The van der Waals surface area contributed by atoms with Gasteiger partial charge < -0.3 is 15.1 Å². The number of rotatable bonds is 3. The largest absolute Gasteiger partial charge is 0.359 e. The normalized spacial score (nSPS) is 18.0. The first-order chi connectivity index (χ1) is 13.1. The molecule has 1 fully saturated rings. The standard InChI is InChI=1S/C19H23N5O2S/c1-22-16-10-14(11-20-18(16)21-12-17(22)25)19(26)24-6-3-5-23(7-8-24)13-15-4-2-9-27-15/h2,4,9-11H,3,5-8,12-13H2,1H3,(H,20,21). The maximum Gasteiger partial charge on any atom is 0.255 e. The SMILES string of the molecule is CN1C(=O)CNc2ncc(C(=O)N3CCCN(Cc4cccs4)CC3)cc21. The Morgan fingerprint density at radius 2 is 2.19 bits per heavy atom. The predicted molar refractivity (Wildman–Crippen MR) is 106 cm³/mol. The van der Waals surface area contributed by atoms with Gasteiger partial charge in [0.25, 0.3) is 5.91 Å². The number of hydrogen-bond acceptors (Lipinski definition) is 6. The lowest BCUT2D eigenvalue weighted by Gasteiger charge is -2.27. The van der Waals surface area contributed by atoms with E-state index in [1.54, 1.807) is 35.5 Å². The molecule has 7 nitrogen and oxygen atoms in total. The van der Waals surface area contributed by atoms with E-state index in [1.807, 2.05) is 4.90 Å². The lowest BCUT2D eigenvalue weighted by Crippen LogP contribution is -2.38. The summed E-state index contributed by atoms with van der Waals surface area (Å²) in [6.45, 7) is 4.47. The van der Waals surface area contributed by atoms with Crippen LogP contribution in [0.1, 0.15) is 21.7 Å². The summed E-state index contributed by atoms with van der Waals surface area (Å²) in [4.78, 5) is 36.4. The number of amides is 2. The Hall–Kier alpha value is -2.45. The molecule has 1 saturated heterocycles. The molecule has 4 heterocycles. The molecule has 0 aromatic carbocycles. The van der Waals surface area contributed by atoms with Crippen molar-refractivity contribution in [3.8, 4) is 0 Å². The fourth-order valence-electron chi connectivity index (χ4n) is 3.51. The summed E-state index contributed by atoms with van der Waals surface area (Å²) in [6.07, 6.45) is 2.56. The number of nitrogens with zero attached hydrogens (tertiary/aromatic N) is 4. The van der Waals surface area contributed by atoms with Crippen molar-refractivity contribution in [1.82, 2.24) is 14.8 Å². The van der Waals surface area contributed by atoms with Gasteiger partial charge in [0.1, 0.15) is 5.82 Å². The van der Waals surface area contributed by atoms with Crippen LogP contribution in [0.2, 0.25) is 0 Å². The number of nitrogens with one attached hydrogen (secondary N) is 1. The van der Waals surface area contributed by atoms with Crippen LogP contribution >= 0.6 is 11.3 Å². The summed E-state index contributed by atoms with van der Waals surface area (Å²) in [5.41, 5.74) is 1.19. The van der Waals surface area contributed by atoms with Crippen molar-refractivity contribution in [3.63, 3.8) is 0 Å². The molecule has 1 N–H and O–H groups in total. The van der Waals surface area contributed by atoms with Crippen LogP contribution in [-0.2, 0) is 11.3 Å². The van der Waals surface area contributed by atoms with Gasteiger partial charge in [-0.3, -0.25) is 14.5 Å². The first-order valence-corrected chi connectivity index (χ1v) is 10.0. The van der Waals surface area contributed by atoms with Crippen LogP contribution in [0.15, 0.2) is 29.8 Å². The molecule has 0 aliphatic carbocycles. The fraction of sp³-hybridized carbons (Fsp3) is 0.421. The quantitative estimate of drug-likeness (QED) is 0.874. The number of hydrogen-bond donors (Lipinski definition) is 1. The van der Waals surface area contributed by atoms with Gasteiger partial charge in [-0.25, -0.2) is 4.98 Å². The third-order valence-corrected chi connectivity index (χ3v) is 5.95. The second-order valence-corrected chi connectivity index (χ2v) is 7.93. The van der Waals surface area contributed by atoms with Crippen molar-refractivity contribution in [2.45, 2.75) is 13.0 Å². The molecule has 27 heavy (non-hydrogen) atoms. The first kappa shape index (κ1) is 17.9. The van der Waals surface area contributed by atoms with Crippen LogP contribution in [-0.4, -0.2) is 66.4 Å². The molecule has 8 heteroatoms. The lowest BCUT2D eigenvalue weighted by atomic mass is 10.2. The van der Waals surface area contributed by atoms with Gasteiger partial charge in [-0.1, -0.05) is 6.07 Å². The lowest BCUT2D eigenvalue weighted by molar-refractivity contribution is -0.116. The Balaban J connectivity index is 1.44. The van der Waals surface area contributed by atoms with Crippen LogP contribution in [0.4, 0.5) is 11.5 Å². The van der Waals surface area contributed by atoms with Gasteiger partial charge in [-0.2, -0.15) is 0 Å². The molecule has 4 rings (SSSR count). The zero-order chi connectivity index (χ0) is 18.8. The molecule has 0 atom stereocenters. The van der Waals surface area contributed by atoms with Crippen LogP contribution < -0.4 is 10.2 Å². The smallest absolute Gasteiger partial charge is 0.255 e. The third-order valence-electron chi connectivity index (χ3n) is 5.09. The van der Waals surface area contributed by atoms with Crippen molar-refractivity contribution < 1.29 is 9.59 Å². The Kier molecular flexibility index (Phi) is 5.09. The number of anilines is 2. The highest BCUT2D eigenvalue weighted by Crippen LogP contribution is 2.27. The Morgan fingerprint density at radius 3 is 3.00 bits per heavy atom. The molecular formula is C19H23N5O2S. The molecule has 0 saturated carbocycles. The highest BCUT2D eigenvalue weighted by atomic mass is 32.1. The number of aromatic nitrogens is 1. The minimum Gasteiger partial charge on any atom is -0.359 e. The average Bonchev–Trinajstić information content (AvgIpc) is 3.08. The van der Waals surface area contributed by atoms with Gasteiger partial charge in [-0.05, 0) is 23.9 Å². The van der Waals surface area contributed by atoms with Crippen molar-refractivity contribution in [3.05, 3.63) is 40.2 Å². The predicted octanol–water partition coefficient (Wildman–Crippen LogP) is 1.88. The van der Waals surface area contributed by atoms with Crippen LogP contribution in [0.3, 0.4) is 0 Å². The Labute approximate surface area is 162 Å². The number of pyridine rings is 1. The first-order valence-electron chi connectivity index (χ1n) is 9.16. The van der Waals surface area contributed by atoms with Crippen molar-refractivity contribution in [2.24, 2.45) is 0 Å². The Morgan fingerprint density at radius 1 is 1.30 bits per heavy atom. The molecule has 142 valence electrons. The van der Waals surface area contributed by atoms with E-state index >= 15 is 0 Å². The van der Waals surface area contributed by atoms with Gasteiger partial charge in [0.15, 0.2) is 0 Å². The van der Waals surface area contributed by atoms with E-state index in [-0.39, 0.29) is 18.4 Å². The summed E-state index contributed by atoms with van der Waals surface area (Å²) in [6, 6.07) is 6.00. The van der Waals surface area contributed by atoms with E-state index in [4.69, 9.17) is 0 Å². The monoisotopic (exact) mass is 385 g/mol. The molecule has 2 amide bonds. The molecular weight excluding hydrogens is 362 g/mol. The maximum absolute atomic E-state index is 13.0. The number of carbonyl (C=O) groups is 2. The number of fused-ring (bicyclic) bond motifs is 1. The fourth-order valence-corrected chi connectivity index (χ4v) is 4.26. The van der Waals surface area contributed by atoms with Crippen LogP contribution in [0.25, 0.3) is 0 Å². The number of carbonyl (C=O) groups excluding carboxylic acids is 2. The van der Waals surface area contributed by atoms with Gasteiger partial charge >= 0.3 is 0 Å².